The van der Waals surface area contributed by atoms with E-state index in [2.05, 4.69) is 15.1 Å². The zero-order valence-corrected chi connectivity index (χ0v) is 11.5. The number of nitrogen functional groups attached to an aromatic ring is 1. The first-order valence-electron chi connectivity index (χ1n) is 5.85. The zero-order valence-electron chi connectivity index (χ0n) is 10.7. The first-order valence-corrected chi connectivity index (χ1v) is 6.67. The van der Waals surface area contributed by atoms with Crippen molar-refractivity contribution in [3.63, 3.8) is 0 Å². The van der Waals surface area contributed by atoms with Gasteiger partial charge in [-0.05, 0) is 38.1 Å². The molecule has 2 aromatic heterocycles. The molecule has 0 saturated heterocycles. The van der Waals surface area contributed by atoms with Crippen LogP contribution in [0.15, 0.2) is 30.6 Å². The summed E-state index contributed by atoms with van der Waals surface area (Å²) in [4.78, 5) is 9.96. The van der Waals surface area contributed by atoms with Gasteiger partial charge < -0.3 is 5.73 Å². The Morgan fingerprint density at radius 2 is 1.89 bits per heavy atom. The Kier molecular flexibility index (Phi) is 2.79. The number of thiazole rings is 1. The van der Waals surface area contributed by atoms with Gasteiger partial charge in [0.15, 0.2) is 5.82 Å². The van der Waals surface area contributed by atoms with E-state index in [9.17, 15) is 0 Å². The fourth-order valence-corrected chi connectivity index (χ4v) is 2.50. The molecule has 0 saturated carbocycles. The molecule has 3 aromatic rings. The van der Waals surface area contributed by atoms with Crippen molar-refractivity contribution >= 4 is 17.0 Å². The van der Waals surface area contributed by atoms with Crippen LogP contribution in [-0.2, 0) is 0 Å². The lowest BCUT2D eigenvalue weighted by Gasteiger charge is -1.96. The van der Waals surface area contributed by atoms with Gasteiger partial charge in [-0.3, -0.25) is 0 Å². The predicted octanol–water partition coefficient (Wildman–Crippen LogP) is 2.59. The van der Waals surface area contributed by atoms with E-state index in [0.29, 0.717) is 5.82 Å². The molecule has 0 amide bonds. The summed E-state index contributed by atoms with van der Waals surface area (Å²) in [6, 6.07) is 7.50. The Balaban J connectivity index is 1.97. The maximum absolute atomic E-state index is 5.67. The molecule has 0 spiro atoms. The van der Waals surface area contributed by atoms with Crippen LogP contribution in [-0.4, -0.2) is 19.7 Å². The van der Waals surface area contributed by atoms with Crippen molar-refractivity contribution in [2.24, 2.45) is 0 Å². The lowest BCUT2D eigenvalue weighted by atomic mass is 10.2. The molecule has 0 bridgehead atoms. The van der Waals surface area contributed by atoms with Crippen LogP contribution in [0.4, 0.5) is 5.69 Å². The van der Waals surface area contributed by atoms with Gasteiger partial charge in [-0.2, -0.15) is 4.68 Å². The molecule has 3 rings (SSSR count). The smallest absolute Gasteiger partial charge is 0.212 e. The van der Waals surface area contributed by atoms with Gasteiger partial charge in [0.25, 0.3) is 0 Å². The molecule has 19 heavy (non-hydrogen) atoms. The summed E-state index contributed by atoms with van der Waals surface area (Å²) in [7, 11) is 0. The molecule has 2 N–H and O–H groups in total. The van der Waals surface area contributed by atoms with E-state index in [1.54, 1.807) is 22.3 Å². The van der Waals surface area contributed by atoms with E-state index in [4.69, 9.17) is 5.73 Å². The largest absolute Gasteiger partial charge is 0.399 e. The maximum Gasteiger partial charge on any atom is 0.212 e. The van der Waals surface area contributed by atoms with Crippen molar-refractivity contribution in [1.82, 2.24) is 19.7 Å². The van der Waals surface area contributed by atoms with Crippen LogP contribution in [0.5, 0.6) is 0 Å². The minimum absolute atomic E-state index is 0.672. The van der Waals surface area contributed by atoms with Crippen LogP contribution in [0, 0.1) is 13.8 Å². The van der Waals surface area contributed by atoms with E-state index in [-0.39, 0.29) is 0 Å². The summed E-state index contributed by atoms with van der Waals surface area (Å²) in [5.41, 5.74) is 8.37. The van der Waals surface area contributed by atoms with Gasteiger partial charge in [0.1, 0.15) is 6.33 Å². The lowest BCUT2D eigenvalue weighted by Crippen LogP contribution is -1.94. The molecule has 0 aliphatic heterocycles. The summed E-state index contributed by atoms with van der Waals surface area (Å²) in [5.74, 6) is 0.672. The van der Waals surface area contributed by atoms with Gasteiger partial charge in [0.2, 0.25) is 5.13 Å². The van der Waals surface area contributed by atoms with Crippen molar-refractivity contribution in [1.29, 1.82) is 0 Å². The van der Waals surface area contributed by atoms with Gasteiger partial charge in [-0.15, -0.1) is 5.10 Å². The monoisotopic (exact) mass is 271 g/mol. The average molecular weight is 271 g/mol. The van der Waals surface area contributed by atoms with E-state index < -0.39 is 0 Å². The molecule has 96 valence electrons. The first kappa shape index (κ1) is 11.9. The molecule has 5 nitrogen and oxygen atoms in total. The molecule has 0 aliphatic rings. The number of nitrogens with zero attached hydrogens (tertiary/aromatic N) is 4. The first-order chi connectivity index (χ1) is 9.13. The van der Waals surface area contributed by atoms with Crippen LogP contribution in [0.3, 0.4) is 0 Å². The molecule has 0 fully saturated rings. The second-order valence-corrected chi connectivity index (χ2v) is 5.45. The fraction of sp³-hybridized carbons (Fsp3) is 0.154. The fourth-order valence-electron chi connectivity index (χ4n) is 1.67. The third kappa shape index (κ3) is 2.22. The molecule has 0 unspecified atom stereocenters. The lowest BCUT2D eigenvalue weighted by molar-refractivity contribution is 0.866. The van der Waals surface area contributed by atoms with Gasteiger partial charge in [0.05, 0.1) is 5.69 Å². The summed E-state index contributed by atoms with van der Waals surface area (Å²) < 4.78 is 1.70. The quantitative estimate of drug-likeness (QED) is 0.727. The average Bonchev–Trinajstić information content (AvgIpc) is 2.99. The number of hydrogen-bond acceptors (Lipinski definition) is 5. The number of nitrogens with two attached hydrogens (primary N) is 1. The summed E-state index contributed by atoms with van der Waals surface area (Å²) >= 11 is 1.61. The number of aryl methyl sites for hydroxylation is 2. The number of rotatable bonds is 2. The van der Waals surface area contributed by atoms with Crippen LogP contribution in [0.25, 0.3) is 16.5 Å². The Morgan fingerprint density at radius 1 is 1.16 bits per heavy atom. The molecule has 0 aliphatic carbocycles. The maximum atomic E-state index is 5.67. The SMILES string of the molecule is Cc1nc(-n2cnc(-c3ccc(N)cc3)n2)sc1C. The van der Waals surface area contributed by atoms with Gasteiger partial charge >= 0.3 is 0 Å². The second-order valence-electron chi connectivity index (χ2n) is 4.27. The minimum atomic E-state index is 0.672. The molecule has 1 aromatic carbocycles. The molecule has 0 atom stereocenters. The number of anilines is 1. The van der Waals surface area contributed by atoms with Crippen molar-refractivity contribution in [2.75, 3.05) is 5.73 Å². The highest BCUT2D eigenvalue weighted by Crippen LogP contribution is 2.21. The van der Waals surface area contributed by atoms with Crippen molar-refractivity contribution in [3.05, 3.63) is 41.2 Å². The van der Waals surface area contributed by atoms with Crippen molar-refractivity contribution in [3.8, 4) is 16.5 Å². The number of aromatic nitrogens is 4. The van der Waals surface area contributed by atoms with Crippen LogP contribution in [0.1, 0.15) is 10.6 Å². The Hall–Kier alpha value is -2.21. The molecule has 2 heterocycles. The van der Waals surface area contributed by atoms with E-state index in [0.717, 1.165) is 22.1 Å². The summed E-state index contributed by atoms with van der Waals surface area (Å²) in [6.45, 7) is 4.04. The van der Waals surface area contributed by atoms with E-state index in [1.807, 2.05) is 38.1 Å². The molecule has 0 radical (unpaired) electrons. The minimum Gasteiger partial charge on any atom is -0.399 e. The third-order valence-electron chi connectivity index (χ3n) is 2.87. The number of hydrogen-bond donors (Lipinski definition) is 1. The standard InChI is InChI=1S/C13H13N5S/c1-8-9(2)19-13(16-8)18-7-15-12(17-18)10-3-5-11(14)6-4-10/h3-7H,14H2,1-2H3. The number of benzene rings is 1. The second kappa shape index (κ2) is 4.47. The van der Waals surface area contributed by atoms with Gasteiger partial charge in [0, 0.05) is 16.1 Å². The highest BCUT2D eigenvalue weighted by atomic mass is 32.1. The molecular weight excluding hydrogens is 258 g/mol. The molecule has 6 heteroatoms. The summed E-state index contributed by atoms with van der Waals surface area (Å²) in [6.07, 6.45) is 1.68. The zero-order chi connectivity index (χ0) is 13.4. The van der Waals surface area contributed by atoms with Crippen molar-refractivity contribution < 1.29 is 0 Å². The Labute approximate surface area is 114 Å². The topological polar surface area (TPSA) is 69.6 Å². The van der Waals surface area contributed by atoms with Crippen LogP contribution in [0.2, 0.25) is 0 Å². The Morgan fingerprint density at radius 3 is 2.53 bits per heavy atom. The van der Waals surface area contributed by atoms with Gasteiger partial charge in [-0.1, -0.05) is 11.3 Å². The van der Waals surface area contributed by atoms with Gasteiger partial charge in [-0.25, -0.2) is 9.97 Å². The summed E-state index contributed by atoms with van der Waals surface area (Å²) in [5, 5.41) is 5.28. The van der Waals surface area contributed by atoms with Crippen LogP contribution < -0.4 is 5.73 Å². The Bertz CT molecular complexity index is 691. The van der Waals surface area contributed by atoms with E-state index >= 15 is 0 Å². The predicted molar refractivity (Wildman–Crippen MR) is 76.4 cm³/mol. The van der Waals surface area contributed by atoms with E-state index in [1.165, 1.54) is 4.88 Å². The highest BCUT2D eigenvalue weighted by Gasteiger charge is 2.09. The highest BCUT2D eigenvalue weighted by molar-refractivity contribution is 7.14. The van der Waals surface area contributed by atoms with Crippen LogP contribution >= 0.6 is 11.3 Å². The third-order valence-corrected chi connectivity index (χ3v) is 3.94. The van der Waals surface area contributed by atoms with Crippen molar-refractivity contribution in [2.45, 2.75) is 13.8 Å². The molecular formula is C13H13N5S. The normalized spacial score (nSPS) is 10.8.